The third kappa shape index (κ3) is 3.37. The van der Waals surface area contributed by atoms with E-state index in [4.69, 9.17) is 0 Å². The number of nitrogens with zero attached hydrogens (tertiary/aromatic N) is 3. The van der Waals surface area contributed by atoms with Gasteiger partial charge < -0.3 is 0 Å². The van der Waals surface area contributed by atoms with Crippen LogP contribution in [0.5, 0.6) is 0 Å². The van der Waals surface area contributed by atoms with E-state index in [-0.39, 0.29) is 11.4 Å². The maximum atomic E-state index is 13.0. The van der Waals surface area contributed by atoms with Gasteiger partial charge in [-0.15, -0.1) is 0 Å². The minimum absolute atomic E-state index is 0.0690. The van der Waals surface area contributed by atoms with Gasteiger partial charge in [0.05, 0.1) is 10.6 Å². The van der Waals surface area contributed by atoms with Crippen LogP contribution in [-0.2, 0) is 16.6 Å². The molecule has 0 aliphatic heterocycles. The molecule has 0 atom stereocenters. The van der Waals surface area contributed by atoms with Crippen LogP contribution in [-0.4, -0.2) is 29.6 Å². The van der Waals surface area contributed by atoms with Crippen molar-refractivity contribution in [1.29, 1.82) is 0 Å². The van der Waals surface area contributed by atoms with Crippen LogP contribution in [0, 0.1) is 5.82 Å². The van der Waals surface area contributed by atoms with Crippen LogP contribution in [0.4, 0.5) is 4.39 Å². The summed E-state index contributed by atoms with van der Waals surface area (Å²) in [6.45, 7) is 0.221. The molecule has 3 aromatic rings. The van der Waals surface area contributed by atoms with E-state index < -0.39 is 15.8 Å². The second kappa shape index (κ2) is 6.54. The third-order valence-electron chi connectivity index (χ3n) is 3.63. The quantitative estimate of drug-likeness (QED) is 0.714. The van der Waals surface area contributed by atoms with E-state index in [9.17, 15) is 12.8 Å². The van der Waals surface area contributed by atoms with Gasteiger partial charge in [-0.05, 0) is 48.0 Å². The summed E-state index contributed by atoms with van der Waals surface area (Å²) >= 11 is 0. The molecule has 5 nitrogen and oxygen atoms in total. The number of halogens is 1. The second-order valence-corrected chi connectivity index (χ2v) is 7.38. The van der Waals surface area contributed by atoms with Crippen LogP contribution >= 0.6 is 0 Å². The predicted octanol–water partition coefficient (Wildman–Crippen LogP) is 2.83. The first-order valence-corrected chi connectivity index (χ1v) is 8.72. The standard InChI is InChI=1S/C17H16FN3O2S/c1-20(24(22,23)17-9-5-15(18)6-10-17)13-14-3-7-16(8-4-14)21-12-2-11-19-21/h2-12H,13H2,1H3. The van der Waals surface area contributed by atoms with Crippen LogP contribution in [0.2, 0.25) is 0 Å². The highest BCUT2D eigenvalue weighted by Crippen LogP contribution is 2.18. The molecule has 0 spiro atoms. The highest BCUT2D eigenvalue weighted by molar-refractivity contribution is 7.89. The molecule has 3 rings (SSSR count). The number of sulfonamides is 1. The van der Waals surface area contributed by atoms with Crippen LogP contribution in [0.25, 0.3) is 5.69 Å². The summed E-state index contributed by atoms with van der Waals surface area (Å²) in [4.78, 5) is 0.0690. The Morgan fingerprint density at radius 2 is 1.75 bits per heavy atom. The van der Waals surface area contributed by atoms with Crippen LogP contribution in [0.3, 0.4) is 0 Å². The van der Waals surface area contributed by atoms with Crippen molar-refractivity contribution in [3.63, 3.8) is 0 Å². The van der Waals surface area contributed by atoms with E-state index in [1.165, 1.54) is 23.5 Å². The molecule has 0 fully saturated rings. The lowest BCUT2D eigenvalue weighted by Crippen LogP contribution is -2.26. The summed E-state index contributed by atoms with van der Waals surface area (Å²) in [5.41, 5.74) is 1.74. The third-order valence-corrected chi connectivity index (χ3v) is 5.45. The zero-order valence-corrected chi connectivity index (χ0v) is 13.8. The molecule has 7 heteroatoms. The molecule has 0 radical (unpaired) electrons. The average molecular weight is 345 g/mol. The fourth-order valence-electron chi connectivity index (χ4n) is 2.30. The minimum atomic E-state index is -3.66. The van der Waals surface area contributed by atoms with E-state index in [0.717, 1.165) is 23.4 Å². The lowest BCUT2D eigenvalue weighted by atomic mass is 10.2. The zero-order chi connectivity index (χ0) is 17.2. The Balaban J connectivity index is 1.76. The molecule has 0 aliphatic rings. The topological polar surface area (TPSA) is 55.2 Å². The summed E-state index contributed by atoms with van der Waals surface area (Å²) in [5.74, 6) is -0.467. The first-order valence-electron chi connectivity index (χ1n) is 7.28. The molecule has 124 valence electrons. The van der Waals surface area contributed by atoms with Crippen molar-refractivity contribution >= 4 is 10.0 Å². The molecule has 0 saturated carbocycles. The van der Waals surface area contributed by atoms with Gasteiger partial charge in [0.1, 0.15) is 5.82 Å². The van der Waals surface area contributed by atoms with E-state index >= 15 is 0 Å². The molecule has 1 aromatic heterocycles. The fourth-order valence-corrected chi connectivity index (χ4v) is 3.46. The Morgan fingerprint density at radius 1 is 1.08 bits per heavy atom. The van der Waals surface area contributed by atoms with E-state index in [1.807, 2.05) is 36.5 Å². The number of hydrogen-bond acceptors (Lipinski definition) is 3. The van der Waals surface area contributed by atoms with Gasteiger partial charge in [-0.25, -0.2) is 17.5 Å². The Bertz CT molecular complexity index is 905. The maximum absolute atomic E-state index is 13.0. The average Bonchev–Trinajstić information content (AvgIpc) is 3.10. The second-order valence-electron chi connectivity index (χ2n) is 5.33. The number of rotatable bonds is 5. The molecule has 0 saturated heterocycles. The van der Waals surface area contributed by atoms with Gasteiger partial charge in [-0.1, -0.05) is 12.1 Å². The van der Waals surface area contributed by atoms with Gasteiger partial charge in [0, 0.05) is 26.0 Å². The van der Waals surface area contributed by atoms with Crippen LogP contribution in [0.15, 0.2) is 71.9 Å². The highest BCUT2D eigenvalue weighted by atomic mass is 32.2. The van der Waals surface area contributed by atoms with Crippen molar-refractivity contribution in [1.82, 2.24) is 14.1 Å². The minimum Gasteiger partial charge on any atom is -0.241 e. The van der Waals surface area contributed by atoms with Crippen molar-refractivity contribution in [3.8, 4) is 5.69 Å². The Morgan fingerprint density at radius 3 is 2.33 bits per heavy atom. The van der Waals surface area contributed by atoms with Gasteiger partial charge in [-0.3, -0.25) is 0 Å². The number of aromatic nitrogens is 2. The number of hydrogen-bond donors (Lipinski definition) is 0. The van der Waals surface area contributed by atoms with Gasteiger partial charge in [0.25, 0.3) is 0 Å². The molecule has 0 unspecified atom stereocenters. The molecule has 0 amide bonds. The first-order chi connectivity index (χ1) is 11.5. The number of benzene rings is 2. The fraction of sp³-hybridized carbons (Fsp3) is 0.118. The lowest BCUT2D eigenvalue weighted by Gasteiger charge is -2.17. The molecular formula is C17H16FN3O2S. The van der Waals surface area contributed by atoms with Crippen LogP contribution < -0.4 is 0 Å². The molecule has 0 aliphatic carbocycles. The van der Waals surface area contributed by atoms with Crippen molar-refractivity contribution in [2.75, 3.05) is 7.05 Å². The maximum Gasteiger partial charge on any atom is 0.243 e. The SMILES string of the molecule is CN(Cc1ccc(-n2cccn2)cc1)S(=O)(=O)c1ccc(F)cc1. The monoisotopic (exact) mass is 345 g/mol. The Kier molecular flexibility index (Phi) is 4.46. The smallest absolute Gasteiger partial charge is 0.241 e. The normalized spacial score (nSPS) is 11.8. The van der Waals surface area contributed by atoms with Crippen molar-refractivity contribution in [2.24, 2.45) is 0 Å². The molecule has 1 heterocycles. The molecule has 0 bridgehead atoms. The van der Waals surface area contributed by atoms with E-state index in [0.29, 0.717) is 0 Å². The van der Waals surface area contributed by atoms with E-state index in [1.54, 1.807) is 10.9 Å². The van der Waals surface area contributed by atoms with Crippen LogP contribution in [0.1, 0.15) is 5.56 Å². The Hall–Kier alpha value is -2.51. The van der Waals surface area contributed by atoms with Crippen molar-refractivity contribution in [3.05, 3.63) is 78.4 Å². The first kappa shape index (κ1) is 16.4. The summed E-state index contributed by atoms with van der Waals surface area (Å²) in [6.07, 6.45) is 3.52. The molecule has 2 aromatic carbocycles. The zero-order valence-electron chi connectivity index (χ0n) is 13.0. The van der Waals surface area contributed by atoms with E-state index in [2.05, 4.69) is 5.10 Å². The van der Waals surface area contributed by atoms with Crippen molar-refractivity contribution in [2.45, 2.75) is 11.4 Å². The summed E-state index contributed by atoms with van der Waals surface area (Å²) in [5, 5.41) is 4.14. The predicted molar refractivity (Wildman–Crippen MR) is 88.6 cm³/mol. The van der Waals surface area contributed by atoms with Gasteiger partial charge in [0.15, 0.2) is 0 Å². The lowest BCUT2D eigenvalue weighted by molar-refractivity contribution is 0.466. The Labute approximate surface area is 140 Å². The molecule has 0 N–H and O–H groups in total. The van der Waals surface area contributed by atoms with Crippen molar-refractivity contribution < 1.29 is 12.8 Å². The summed E-state index contributed by atoms with van der Waals surface area (Å²) in [7, 11) is -2.16. The summed E-state index contributed by atoms with van der Waals surface area (Å²) in [6, 6.07) is 14.1. The molecular weight excluding hydrogens is 329 g/mol. The highest BCUT2D eigenvalue weighted by Gasteiger charge is 2.20. The van der Waals surface area contributed by atoms with Gasteiger partial charge >= 0.3 is 0 Å². The largest absolute Gasteiger partial charge is 0.243 e. The summed E-state index contributed by atoms with van der Waals surface area (Å²) < 4.78 is 40.9. The van der Waals surface area contributed by atoms with Gasteiger partial charge in [-0.2, -0.15) is 9.40 Å². The molecule has 24 heavy (non-hydrogen) atoms. The van der Waals surface area contributed by atoms with Gasteiger partial charge in [0.2, 0.25) is 10.0 Å².